The Labute approximate surface area is 95.3 Å². The minimum absolute atomic E-state index is 0.294. The first kappa shape index (κ1) is 12.4. The van der Waals surface area contributed by atoms with Crippen LogP contribution in [0.1, 0.15) is 18.5 Å². The Morgan fingerprint density at radius 3 is 3.12 bits per heavy atom. The molecule has 0 spiro atoms. The van der Waals surface area contributed by atoms with E-state index in [-0.39, 0.29) is 5.97 Å². The molecule has 1 unspecified atom stereocenters. The first-order chi connectivity index (χ1) is 7.79. The summed E-state index contributed by atoms with van der Waals surface area (Å²) in [6, 6.07) is 3.15. The zero-order valence-corrected chi connectivity index (χ0v) is 9.35. The van der Waals surface area contributed by atoms with Crippen molar-refractivity contribution in [2.75, 3.05) is 13.2 Å². The molecule has 4 nitrogen and oxygen atoms in total. The van der Waals surface area contributed by atoms with Gasteiger partial charge in [0.2, 0.25) is 0 Å². The number of nitrogens with zero attached hydrogens (tertiary/aromatic N) is 1. The summed E-state index contributed by atoms with van der Waals surface area (Å²) in [4.78, 5) is 15.7. The molecule has 0 radical (unpaired) electrons. The van der Waals surface area contributed by atoms with Gasteiger partial charge in [0.15, 0.2) is 0 Å². The van der Waals surface area contributed by atoms with E-state index in [4.69, 9.17) is 4.74 Å². The molecule has 0 saturated carbocycles. The van der Waals surface area contributed by atoms with Crippen LogP contribution in [0.5, 0.6) is 0 Å². The summed E-state index contributed by atoms with van der Waals surface area (Å²) in [7, 11) is 0. The lowest BCUT2D eigenvalue weighted by Crippen LogP contribution is -2.30. The number of rotatable bonds is 6. The number of nitrogens with one attached hydrogen (secondary N) is 1. The van der Waals surface area contributed by atoms with Crippen LogP contribution in [0.4, 0.5) is 0 Å². The van der Waals surface area contributed by atoms with E-state index < -0.39 is 6.04 Å². The van der Waals surface area contributed by atoms with E-state index >= 15 is 0 Å². The first-order valence-electron chi connectivity index (χ1n) is 5.20. The quantitative estimate of drug-likeness (QED) is 0.582. The molecule has 0 aliphatic carbocycles. The van der Waals surface area contributed by atoms with E-state index in [0.29, 0.717) is 13.2 Å². The van der Waals surface area contributed by atoms with Crippen molar-refractivity contribution >= 4 is 5.97 Å². The second kappa shape index (κ2) is 6.74. The number of hydrogen-bond donors (Lipinski definition) is 1. The van der Waals surface area contributed by atoms with E-state index in [1.54, 1.807) is 31.5 Å². The molecular formula is C12H16N2O2. The van der Waals surface area contributed by atoms with Crippen molar-refractivity contribution in [3.63, 3.8) is 0 Å². The Hall–Kier alpha value is -1.68. The van der Waals surface area contributed by atoms with E-state index in [2.05, 4.69) is 16.9 Å². The highest BCUT2D eigenvalue weighted by Gasteiger charge is 2.20. The van der Waals surface area contributed by atoms with Gasteiger partial charge in [-0.05, 0) is 18.6 Å². The smallest absolute Gasteiger partial charge is 0.327 e. The summed E-state index contributed by atoms with van der Waals surface area (Å²) >= 11 is 0. The van der Waals surface area contributed by atoms with E-state index in [0.717, 1.165) is 5.56 Å². The summed E-state index contributed by atoms with van der Waals surface area (Å²) in [5.41, 5.74) is 0.794. The van der Waals surface area contributed by atoms with Crippen LogP contribution in [0.3, 0.4) is 0 Å². The van der Waals surface area contributed by atoms with Crippen LogP contribution in [-0.2, 0) is 9.53 Å². The molecule has 1 heterocycles. The molecule has 1 N–H and O–H groups in total. The maximum Gasteiger partial charge on any atom is 0.327 e. The Balaban J connectivity index is 2.78. The lowest BCUT2D eigenvalue weighted by Gasteiger charge is -2.16. The Kier molecular flexibility index (Phi) is 5.22. The molecule has 4 heteroatoms. The van der Waals surface area contributed by atoms with Crippen LogP contribution in [0, 0.1) is 0 Å². The predicted octanol–water partition coefficient (Wildman–Crippen LogP) is 1.46. The standard InChI is InChI=1S/C12H16N2O2/c1-3-7-14-11(12(15)16-4-2)10-6-5-8-13-9-10/h3,5-6,8-9,11,14H,1,4,7H2,2H3. The van der Waals surface area contributed by atoms with Gasteiger partial charge in [-0.15, -0.1) is 6.58 Å². The molecule has 1 aromatic rings. The van der Waals surface area contributed by atoms with Gasteiger partial charge in [-0.25, -0.2) is 4.79 Å². The topological polar surface area (TPSA) is 51.2 Å². The van der Waals surface area contributed by atoms with E-state index in [9.17, 15) is 4.79 Å². The predicted molar refractivity (Wildman–Crippen MR) is 61.8 cm³/mol. The number of pyridine rings is 1. The fraction of sp³-hybridized carbons (Fsp3) is 0.333. The van der Waals surface area contributed by atoms with Crippen molar-refractivity contribution in [3.8, 4) is 0 Å². The second-order valence-corrected chi connectivity index (χ2v) is 3.17. The molecule has 1 aromatic heterocycles. The van der Waals surface area contributed by atoms with Gasteiger partial charge in [-0.1, -0.05) is 12.1 Å². The van der Waals surface area contributed by atoms with Crippen molar-refractivity contribution in [2.45, 2.75) is 13.0 Å². The maximum absolute atomic E-state index is 11.7. The molecule has 1 atom stereocenters. The summed E-state index contributed by atoms with van der Waals surface area (Å²) in [6.07, 6.45) is 5.01. The van der Waals surface area contributed by atoms with Gasteiger partial charge in [0.05, 0.1) is 6.61 Å². The molecule has 0 aliphatic rings. The van der Waals surface area contributed by atoms with Crippen molar-refractivity contribution in [1.82, 2.24) is 10.3 Å². The normalized spacial score (nSPS) is 11.8. The average Bonchev–Trinajstić information content (AvgIpc) is 2.31. The summed E-state index contributed by atoms with van der Waals surface area (Å²) in [5, 5.41) is 3.04. The first-order valence-corrected chi connectivity index (χ1v) is 5.20. The number of esters is 1. The molecule has 0 saturated heterocycles. The lowest BCUT2D eigenvalue weighted by atomic mass is 10.1. The Bertz CT molecular complexity index is 338. The zero-order valence-electron chi connectivity index (χ0n) is 9.35. The van der Waals surface area contributed by atoms with Gasteiger partial charge in [0, 0.05) is 18.9 Å². The Morgan fingerprint density at radius 1 is 1.75 bits per heavy atom. The highest BCUT2D eigenvalue weighted by atomic mass is 16.5. The van der Waals surface area contributed by atoms with Crippen LogP contribution >= 0.6 is 0 Å². The van der Waals surface area contributed by atoms with Crippen molar-refractivity contribution in [2.24, 2.45) is 0 Å². The van der Waals surface area contributed by atoms with Crippen molar-refractivity contribution < 1.29 is 9.53 Å². The lowest BCUT2D eigenvalue weighted by molar-refractivity contribution is -0.145. The number of aromatic nitrogens is 1. The number of hydrogen-bond acceptors (Lipinski definition) is 4. The average molecular weight is 220 g/mol. The maximum atomic E-state index is 11.7. The second-order valence-electron chi connectivity index (χ2n) is 3.17. The SMILES string of the molecule is C=CCNC(C(=O)OCC)c1cccnc1. The third kappa shape index (κ3) is 3.47. The molecular weight excluding hydrogens is 204 g/mol. The molecule has 86 valence electrons. The van der Waals surface area contributed by atoms with Gasteiger partial charge in [0.1, 0.15) is 6.04 Å². The van der Waals surface area contributed by atoms with Crippen LogP contribution < -0.4 is 5.32 Å². The monoisotopic (exact) mass is 220 g/mol. The third-order valence-corrected chi connectivity index (χ3v) is 2.01. The van der Waals surface area contributed by atoms with Crippen LogP contribution in [0.15, 0.2) is 37.2 Å². The largest absolute Gasteiger partial charge is 0.465 e. The van der Waals surface area contributed by atoms with Gasteiger partial charge in [0.25, 0.3) is 0 Å². The fourth-order valence-electron chi connectivity index (χ4n) is 1.31. The minimum atomic E-state index is -0.480. The van der Waals surface area contributed by atoms with Crippen molar-refractivity contribution in [3.05, 3.63) is 42.7 Å². The van der Waals surface area contributed by atoms with Gasteiger partial charge >= 0.3 is 5.97 Å². The van der Waals surface area contributed by atoms with E-state index in [1.807, 2.05) is 6.07 Å². The minimum Gasteiger partial charge on any atom is -0.465 e. The number of carbonyl (C=O) groups excluding carboxylic acids is 1. The van der Waals surface area contributed by atoms with Gasteiger partial charge < -0.3 is 4.74 Å². The van der Waals surface area contributed by atoms with Crippen molar-refractivity contribution in [1.29, 1.82) is 0 Å². The van der Waals surface area contributed by atoms with E-state index in [1.165, 1.54) is 0 Å². The Morgan fingerprint density at radius 2 is 2.56 bits per heavy atom. The summed E-state index contributed by atoms with van der Waals surface area (Å²) in [5.74, 6) is -0.294. The van der Waals surface area contributed by atoms with Gasteiger partial charge in [-0.3, -0.25) is 10.3 Å². The molecule has 0 aromatic carbocycles. The highest BCUT2D eigenvalue weighted by Crippen LogP contribution is 2.12. The summed E-state index contributed by atoms with van der Waals surface area (Å²) in [6.45, 7) is 6.29. The number of carbonyl (C=O) groups is 1. The zero-order chi connectivity index (χ0) is 11.8. The van der Waals surface area contributed by atoms with Crippen LogP contribution in [0.25, 0.3) is 0 Å². The fourth-order valence-corrected chi connectivity index (χ4v) is 1.31. The molecule has 0 amide bonds. The summed E-state index contributed by atoms with van der Waals surface area (Å²) < 4.78 is 4.99. The van der Waals surface area contributed by atoms with Crippen LogP contribution in [-0.4, -0.2) is 24.1 Å². The molecule has 0 aliphatic heterocycles. The molecule has 0 bridgehead atoms. The van der Waals surface area contributed by atoms with Crippen LogP contribution in [0.2, 0.25) is 0 Å². The number of ether oxygens (including phenoxy) is 1. The molecule has 16 heavy (non-hydrogen) atoms. The molecule has 1 rings (SSSR count). The molecule has 0 fully saturated rings. The van der Waals surface area contributed by atoms with Gasteiger partial charge in [-0.2, -0.15) is 0 Å². The third-order valence-electron chi connectivity index (χ3n) is 2.01. The highest BCUT2D eigenvalue weighted by molar-refractivity contribution is 5.77.